The fourth-order valence-corrected chi connectivity index (χ4v) is 1.93. The predicted molar refractivity (Wildman–Crippen MR) is 69.4 cm³/mol. The van der Waals surface area contributed by atoms with Crippen LogP contribution < -0.4 is 5.73 Å². The number of nitrogens with two attached hydrogens (primary N) is 1. The molecule has 0 radical (unpaired) electrons. The van der Waals surface area contributed by atoms with Crippen molar-refractivity contribution < 1.29 is 4.52 Å². The highest BCUT2D eigenvalue weighted by atomic mass is 79.9. The SMILES string of the molecule is CC(CN)Cc1nc(-c2ccccc2Br)no1. The van der Waals surface area contributed by atoms with Crippen LogP contribution in [-0.2, 0) is 6.42 Å². The van der Waals surface area contributed by atoms with Gasteiger partial charge in [0.05, 0.1) is 0 Å². The summed E-state index contributed by atoms with van der Waals surface area (Å²) in [4.78, 5) is 4.37. The molecule has 17 heavy (non-hydrogen) atoms. The highest BCUT2D eigenvalue weighted by molar-refractivity contribution is 9.10. The number of aromatic nitrogens is 2. The summed E-state index contributed by atoms with van der Waals surface area (Å²) in [6.07, 6.45) is 0.716. The van der Waals surface area contributed by atoms with Crippen LogP contribution in [0.3, 0.4) is 0 Å². The van der Waals surface area contributed by atoms with E-state index in [1.165, 1.54) is 0 Å². The van der Waals surface area contributed by atoms with Crippen molar-refractivity contribution in [2.45, 2.75) is 13.3 Å². The molecule has 4 nitrogen and oxygen atoms in total. The number of rotatable bonds is 4. The Kier molecular flexibility index (Phi) is 3.91. The monoisotopic (exact) mass is 295 g/mol. The third-order valence-electron chi connectivity index (χ3n) is 2.51. The predicted octanol–water partition coefficient (Wildman–Crippen LogP) is 2.64. The van der Waals surface area contributed by atoms with E-state index in [0.717, 1.165) is 10.0 Å². The molecule has 0 saturated heterocycles. The van der Waals surface area contributed by atoms with E-state index in [4.69, 9.17) is 10.3 Å². The van der Waals surface area contributed by atoms with E-state index in [1.54, 1.807) is 0 Å². The molecule has 2 N–H and O–H groups in total. The van der Waals surface area contributed by atoms with Crippen LogP contribution in [0.25, 0.3) is 11.4 Å². The van der Waals surface area contributed by atoms with Gasteiger partial charge in [0.2, 0.25) is 11.7 Å². The highest BCUT2D eigenvalue weighted by Gasteiger charge is 2.12. The minimum Gasteiger partial charge on any atom is -0.339 e. The first-order chi connectivity index (χ1) is 8.20. The smallest absolute Gasteiger partial charge is 0.227 e. The van der Waals surface area contributed by atoms with Gasteiger partial charge in [-0.25, -0.2) is 0 Å². The molecule has 90 valence electrons. The van der Waals surface area contributed by atoms with Crippen molar-refractivity contribution in [1.29, 1.82) is 0 Å². The summed E-state index contributed by atoms with van der Waals surface area (Å²) in [6.45, 7) is 2.68. The van der Waals surface area contributed by atoms with Crippen LogP contribution in [0.1, 0.15) is 12.8 Å². The molecule has 0 fully saturated rings. The van der Waals surface area contributed by atoms with E-state index >= 15 is 0 Å². The Morgan fingerprint density at radius 3 is 2.88 bits per heavy atom. The molecule has 0 saturated carbocycles. The third-order valence-corrected chi connectivity index (χ3v) is 3.20. The maximum absolute atomic E-state index is 5.56. The lowest BCUT2D eigenvalue weighted by Gasteiger charge is -2.02. The first-order valence-corrected chi connectivity index (χ1v) is 6.27. The van der Waals surface area contributed by atoms with Crippen molar-refractivity contribution in [3.63, 3.8) is 0 Å². The summed E-state index contributed by atoms with van der Waals surface area (Å²) in [5, 5.41) is 3.98. The van der Waals surface area contributed by atoms with Crippen LogP contribution in [0.15, 0.2) is 33.3 Å². The standard InChI is InChI=1S/C12H14BrN3O/c1-8(7-14)6-11-15-12(16-17-11)9-4-2-3-5-10(9)13/h2-5,8H,6-7,14H2,1H3. The lowest BCUT2D eigenvalue weighted by Crippen LogP contribution is -2.13. The molecular weight excluding hydrogens is 282 g/mol. The van der Waals surface area contributed by atoms with Gasteiger partial charge in [-0.15, -0.1) is 0 Å². The molecule has 0 amide bonds. The molecule has 2 aromatic rings. The Bertz CT molecular complexity index is 498. The molecule has 1 atom stereocenters. The summed E-state index contributed by atoms with van der Waals surface area (Å²) in [7, 11) is 0. The van der Waals surface area contributed by atoms with Gasteiger partial charge in [-0.3, -0.25) is 0 Å². The van der Waals surface area contributed by atoms with E-state index in [1.807, 2.05) is 24.3 Å². The molecule has 0 aliphatic carbocycles. The van der Waals surface area contributed by atoms with E-state index in [2.05, 4.69) is 33.0 Å². The molecule has 1 heterocycles. The van der Waals surface area contributed by atoms with E-state index in [0.29, 0.717) is 30.6 Å². The highest BCUT2D eigenvalue weighted by Crippen LogP contribution is 2.25. The van der Waals surface area contributed by atoms with Gasteiger partial charge in [0.25, 0.3) is 0 Å². The second kappa shape index (κ2) is 5.42. The number of hydrogen-bond acceptors (Lipinski definition) is 4. The van der Waals surface area contributed by atoms with Gasteiger partial charge in [-0.2, -0.15) is 4.98 Å². The second-order valence-electron chi connectivity index (χ2n) is 4.04. The topological polar surface area (TPSA) is 64.9 Å². The normalized spacial score (nSPS) is 12.6. The summed E-state index contributed by atoms with van der Waals surface area (Å²) in [5.41, 5.74) is 6.50. The van der Waals surface area contributed by atoms with Crippen LogP contribution in [-0.4, -0.2) is 16.7 Å². The lowest BCUT2D eigenvalue weighted by molar-refractivity contribution is 0.360. The molecule has 1 aromatic carbocycles. The van der Waals surface area contributed by atoms with Crippen molar-refractivity contribution in [2.75, 3.05) is 6.54 Å². The van der Waals surface area contributed by atoms with Crippen molar-refractivity contribution in [3.8, 4) is 11.4 Å². The van der Waals surface area contributed by atoms with Gasteiger partial charge >= 0.3 is 0 Å². The molecule has 1 aromatic heterocycles. The average Bonchev–Trinajstić information content (AvgIpc) is 2.78. The van der Waals surface area contributed by atoms with Crippen molar-refractivity contribution in [2.24, 2.45) is 11.7 Å². The van der Waals surface area contributed by atoms with E-state index in [-0.39, 0.29) is 0 Å². The maximum Gasteiger partial charge on any atom is 0.227 e. The van der Waals surface area contributed by atoms with Gasteiger partial charge < -0.3 is 10.3 Å². The quantitative estimate of drug-likeness (QED) is 0.942. The minimum absolute atomic E-state index is 0.350. The van der Waals surface area contributed by atoms with Gasteiger partial charge in [0, 0.05) is 16.5 Å². The van der Waals surface area contributed by atoms with Crippen molar-refractivity contribution in [3.05, 3.63) is 34.6 Å². The van der Waals surface area contributed by atoms with Gasteiger partial charge in [-0.05, 0) is 24.6 Å². The molecule has 5 heteroatoms. The molecule has 0 bridgehead atoms. The van der Waals surface area contributed by atoms with E-state index < -0.39 is 0 Å². The van der Waals surface area contributed by atoms with Crippen molar-refractivity contribution >= 4 is 15.9 Å². The molecule has 0 aliphatic rings. The lowest BCUT2D eigenvalue weighted by atomic mass is 10.1. The zero-order valence-corrected chi connectivity index (χ0v) is 11.1. The Hall–Kier alpha value is -1.20. The Morgan fingerprint density at radius 1 is 1.41 bits per heavy atom. The summed E-state index contributed by atoms with van der Waals surface area (Å²) in [6, 6.07) is 7.79. The van der Waals surface area contributed by atoms with Gasteiger partial charge in [0.15, 0.2) is 0 Å². The average molecular weight is 296 g/mol. The molecule has 2 rings (SSSR count). The molecule has 0 spiro atoms. The zero-order chi connectivity index (χ0) is 12.3. The Morgan fingerprint density at radius 2 is 2.18 bits per heavy atom. The number of hydrogen-bond donors (Lipinski definition) is 1. The zero-order valence-electron chi connectivity index (χ0n) is 9.56. The van der Waals surface area contributed by atoms with Crippen molar-refractivity contribution in [1.82, 2.24) is 10.1 Å². The largest absolute Gasteiger partial charge is 0.339 e. The molecular formula is C12H14BrN3O. The first-order valence-electron chi connectivity index (χ1n) is 5.48. The molecule has 0 aliphatic heterocycles. The van der Waals surface area contributed by atoms with Gasteiger partial charge in [-0.1, -0.05) is 40.1 Å². The van der Waals surface area contributed by atoms with Crippen LogP contribution in [0.2, 0.25) is 0 Å². The summed E-state index contributed by atoms with van der Waals surface area (Å²) in [5.74, 6) is 1.59. The Labute approximate surface area is 108 Å². The summed E-state index contributed by atoms with van der Waals surface area (Å²) >= 11 is 3.47. The number of benzene rings is 1. The Balaban J connectivity index is 2.21. The second-order valence-corrected chi connectivity index (χ2v) is 4.89. The number of nitrogens with zero attached hydrogens (tertiary/aromatic N) is 2. The van der Waals surface area contributed by atoms with Crippen LogP contribution in [0.4, 0.5) is 0 Å². The van der Waals surface area contributed by atoms with Crippen LogP contribution in [0, 0.1) is 5.92 Å². The minimum atomic E-state index is 0.350. The van der Waals surface area contributed by atoms with Gasteiger partial charge in [0.1, 0.15) is 0 Å². The fraction of sp³-hybridized carbons (Fsp3) is 0.333. The van der Waals surface area contributed by atoms with Crippen LogP contribution >= 0.6 is 15.9 Å². The third kappa shape index (κ3) is 2.92. The van der Waals surface area contributed by atoms with E-state index in [9.17, 15) is 0 Å². The number of halogens is 1. The van der Waals surface area contributed by atoms with Crippen LogP contribution in [0.5, 0.6) is 0 Å². The molecule has 1 unspecified atom stereocenters. The maximum atomic E-state index is 5.56. The summed E-state index contributed by atoms with van der Waals surface area (Å²) < 4.78 is 6.17. The first kappa shape index (κ1) is 12.3. The fourth-order valence-electron chi connectivity index (χ4n) is 1.47.